The number of amides is 4. The molecule has 0 spiro atoms. The van der Waals surface area contributed by atoms with Crippen molar-refractivity contribution in [3.05, 3.63) is 77.6 Å². The minimum Gasteiger partial charge on any atom is -0.495 e. The van der Waals surface area contributed by atoms with E-state index in [1.807, 2.05) is 25.1 Å². The number of nitrogens with one attached hydrogen (secondary N) is 3. The predicted octanol–water partition coefficient (Wildman–Crippen LogP) is 4.22. The van der Waals surface area contributed by atoms with Crippen molar-refractivity contribution in [1.82, 2.24) is 9.88 Å². The highest BCUT2D eigenvalue weighted by atomic mass is 16.5. The van der Waals surface area contributed by atoms with Crippen LogP contribution < -0.4 is 20.7 Å². The predicted molar refractivity (Wildman–Crippen MR) is 147 cm³/mol. The van der Waals surface area contributed by atoms with Crippen molar-refractivity contribution >= 4 is 40.9 Å². The monoisotopic (exact) mass is 533 g/mol. The fraction of sp³-hybridized carbons (Fsp3) is 0.250. The maximum Gasteiger partial charge on any atom is 0.323 e. The normalized spacial score (nSPS) is 11.2. The number of benzene rings is 2. The zero-order chi connectivity index (χ0) is 28.5. The maximum absolute atomic E-state index is 12.7. The van der Waals surface area contributed by atoms with Crippen LogP contribution in [0.3, 0.4) is 0 Å². The van der Waals surface area contributed by atoms with Crippen molar-refractivity contribution in [3.63, 3.8) is 0 Å². The highest BCUT2D eigenvalue weighted by Gasteiger charge is 2.23. The zero-order valence-electron chi connectivity index (χ0n) is 22.1. The number of carbonyl (C=O) groups is 4. The van der Waals surface area contributed by atoms with E-state index in [1.54, 1.807) is 36.4 Å². The summed E-state index contributed by atoms with van der Waals surface area (Å²) in [5.74, 6) is -1.27. The van der Waals surface area contributed by atoms with Gasteiger partial charge in [0, 0.05) is 19.7 Å². The molecule has 3 rings (SSSR count). The van der Waals surface area contributed by atoms with E-state index in [4.69, 9.17) is 4.74 Å². The van der Waals surface area contributed by atoms with Gasteiger partial charge in [-0.2, -0.15) is 0 Å². The molecule has 0 saturated carbocycles. The summed E-state index contributed by atoms with van der Waals surface area (Å²) >= 11 is 0. The van der Waals surface area contributed by atoms with Gasteiger partial charge < -0.3 is 30.7 Å². The van der Waals surface area contributed by atoms with Crippen LogP contribution in [-0.2, 0) is 20.8 Å². The Hall–Kier alpha value is -4.93. The second-order valence-electron chi connectivity index (χ2n) is 8.87. The molecular formula is C28H31N5O6. The number of pyridine rings is 1. The number of urea groups is 1. The average molecular weight is 534 g/mol. The molecule has 0 saturated heterocycles. The summed E-state index contributed by atoms with van der Waals surface area (Å²) in [5, 5.41) is 17.5. The third-order valence-corrected chi connectivity index (χ3v) is 6.02. The lowest BCUT2D eigenvalue weighted by Crippen LogP contribution is -2.31. The lowest BCUT2D eigenvalue weighted by atomic mass is 10.1. The number of rotatable bonds is 10. The van der Waals surface area contributed by atoms with E-state index in [0.29, 0.717) is 34.1 Å². The highest BCUT2D eigenvalue weighted by Crippen LogP contribution is 2.27. The first-order valence-electron chi connectivity index (χ1n) is 12.1. The molecule has 0 fully saturated rings. The van der Waals surface area contributed by atoms with Gasteiger partial charge in [0.15, 0.2) is 0 Å². The fourth-order valence-corrected chi connectivity index (χ4v) is 3.83. The van der Waals surface area contributed by atoms with Crippen molar-refractivity contribution in [1.29, 1.82) is 0 Å². The van der Waals surface area contributed by atoms with E-state index in [1.165, 1.54) is 32.2 Å². The molecule has 0 radical (unpaired) electrons. The molecule has 39 heavy (non-hydrogen) atoms. The molecule has 11 nitrogen and oxygen atoms in total. The van der Waals surface area contributed by atoms with Gasteiger partial charge >= 0.3 is 12.0 Å². The molecule has 2 aromatic carbocycles. The van der Waals surface area contributed by atoms with Gasteiger partial charge in [-0.3, -0.25) is 19.4 Å². The number of para-hydroxylation sites is 1. The smallest absolute Gasteiger partial charge is 0.323 e. The van der Waals surface area contributed by atoms with Gasteiger partial charge in [0.25, 0.3) is 0 Å². The van der Waals surface area contributed by atoms with Gasteiger partial charge in [0.2, 0.25) is 11.8 Å². The molecule has 0 aliphatic heterocycles. The van der Waals surface area contributed by atoms with Crippen LogP contribution in [0.5, 0.6) is 5.75 Å². The van der Waals surface area contributed by atoms with E-state index < -0.39 is 18.0 Å². The third kappa shape index (κ3) is 8.03. The molecule has 0 aliphatic rings. The van der Waals surface area contributed by atoms with Gasteiger partial charge in [0.05, 0.1) is 49.3 Å². The van der Waals surface area contributed by atoms with Gasteiger partial charge in [0.1, 0.15) is 5.75 Å². The minimum atomic E-state index is -1.06. The van der Waals surface area contributed by atoms with Crippen molar-refractivity contribution in [2.75, 3.05) is 30.1 Å². The molecule has 204 valence electrons. The number of ether oxygens (including phenoxy) is 1. The number of anilines is 3. The Morgan fingerprint density at radius 3 is 2.33 bits per heavy atom. The second kappa shape index (κ2) is 13.0. The number of carbonyl (C=O) groups excluding carboxylic acids is 3. The molecule has 0 aliphatic carbocycles. The number of aromatic nitrogens is 1. The van der Waals surface area contributed by atoms with Crippen molar-refractivity contribution in [2.24, 2.45) is 0 Å². The molecule has 11 heteroatoms. The van der Waals surface area contributed by atoms with Crippen LogP contribution in [-0.4, -0.2) is 53.0 Å². The zero-order valence-corrected chi connectivity index (χ0v) is 22.1. The van der Waals surface area contributed by atoms with Crippen LogP contribution in [0.25, 0.3) is 0 Å². The van der Waals surface area contributed by atoms with Crippen molar-refractivity contribution in [3.8, 4) is 5.75 Å². The Morgan fingerprint density at radius 1 is 1.00 bits per heavy atom. The molecule has 4 N–H and O–H groups in total. The first-order valence-corrected chi connectivity index (χ1v) is 12.1. The summed E-state index contributed by atoms with van der Waals surface area (Å²) < 4.78 is 5.41. The third-order valence-electron chi connectivity index (χ3n) is 6.02. The SMILES string of the molecule is COc1cc(CC(=O)Nc2ccc(C(CC(=O)O)N(C)C(C)=O)nc2)ccc1NC(=O)Nc1ccccc1C. The van der Waals surface area contributed by atoms with Gasteiger partial charge in [-0.25, -0.2) is 4.79 Å². The van der Waals surface area contributed by atoms with Crippen molar-refractivity contribution in [2.45, 2.75) is 32.7 Å². The Morgan fingerprint density at radius 2 is 1.72 bits per heavy atom. The summed E-state index contributed by atoms with van der Waals surface area (Å²) in [6.07, 6.45) is 1.15. The number of hydrogen-bond acceptors (Lipinski definition) is 6. The molecule has 3 aromatic rings. The number of nitrogens with zero attached hydrogens (tertiary/aromatic N) is 2. The standard InChI is InChI=1S/C28H31N5O6/c1-17-7-5-6-8-21(17)31-28(38)32-23-11-9-19(13-25(23)39-4)14-26(35)30-20-10-12-22(29-16-20)24(15-27(36)37)33(3)18(2)34/h5-13,16,24H,14-15H2,1-4H3,(H,30,35)(H,36,37)(H2,31,32,38). The van der Waals surface area contributed by atoms with Crippen LogP contribution in [0.15, 0.2) is 60.8 Å². The molecule has 0 bridgehead atoms. The van der Waals surface area contributed by atoms with Gasteiger partial charge in [-0.15, -0.1) is 0 Å². The Bertz CT molecular complexity index is 1360. The number of carboxylic acids is 1. The quantitative estimate of drug-likeness (QED) is 0.305. The van der Waals surface area contributed by atoms with Gasteiger partial charge in [-0.1, -0.05) is 24.3 Å². The van der Waals surface area contributed by atoms with Gasteiger partial charge in [-0.05, 0) is 48.4 Å². The number of aryl methyl sites for hydroxylation is 1. The van der Waals surface area contributed by atoms with E-state index in [9.17, 15) is 24.3 Å². The highest BCUT2D eigenvalue weighted by molar-refractivity contribution is 6.01. The number of carboxylic acid groups (broad SMARTS) is 1. The molecule has 1 atom stereocenters. The number of methoxy groups -OCH3 is 1. The van der Waals surface area contributed by atoms with E-state index in [-0.39, 0.29) is 24.7 Å². The van der Waals surface area contributed by atoms with Crippen LogP contribution in [0.4, 0.5) is 21.9 Å². The first-order chi connectivity index (χ1) is 18.6. The van der Waals surface area contributed by atoms with Crippen LogP contribution in [0.2, 0.25) is 0 Å². The fourth-order valence-electron chi connectivity index (χ4n) is 3.83. The number of aliphatic carboxylic acids is 1. The Labute approximate surface area is 226 Å². The summed E-state index contributed by atoms with van der Waals surface area (Å²) in [7, 11) is 2.98. The summed E-state index contributed by atoms with van der Waals surface area (Å²) in [6, 6.07) is 14.5. The average Bonchev–Trinajstić information content (AvgIpc) is 2.89. The first kappa shape index (κ1) is 28.6. The Balaban J connectivity index is 1.63. The summed E-state index contributed by atoms with van der Waals surface area (Å²) in [4.78, 5) is 53.7. The molecule has 1 aromatic heterocycles. The van der Waals surface area contributed by atoms with Crippen LogP contribution in [0, 0.1) is 6.92 Å². The maximum atomic E-state index is 12.7. The van der Waals surface area contributed by atoms with Crippen LogP contribution in [0.1, 0.15) is 36.2 Å². The van der Waals surface area contributed by atoms with E-state index >= 15 is 0 Å². The van der Waals surface area contributed by atoms with Crippen molar-refractivity contribution < 1.29 is 29.0 Å². The summed E-state index contributed by atoms with van der Waals surface area (Å²) in [5.41, 5.74) is 3.53. The van der Waals surface area contributed by atoms with Crippen LogP contribution >= 0.6 is 0 Å². The van der Waals surface area contributed by atoms with E-state index in [2.05, 4.69) is 20.9 Å². The topological polar surface area (TPSA) is 150 Å². The molecule has 1 heterocycles. The van der Waals surface area contributed by atoms with E-state index in [0.717, 1.165) is 5.56 Å². The second-order valence-corrected chi connectivity index (χ2v) is 8.87. The summed E-state index contributed by atoms with van der Waals surface area (Å²) in [6.45, 7) is 3.24. The Kier molecular flexibility index (Phi) is 9.58. The molecule has 4 amide bonds. The molecular weight excluding hydrogens is 502 g/mol. The lowest BCUT2D eigenvalue weighted by Gasteiger charge is -2.25. The lowest BCUT2D eigenvalue weighted by molar-refractivity contribution is -0.140. The minimum absolute atomic E-state index is 0.0303. The number of hydrogen-bond donors (Lipinski definition) is 4. The molecule has 1 unspecified atom stereocenters. The largest absolute Gasteiger partial charge is 0.495 e.